The SMILES string of the molecule is CCOC(=O)C(CC[S@](=O)c1ccccc1)C(=O)OCC. The molecule has 0 unspecified atom stereocenters. The molecule has 0 amide bonds. The van der Waals surface area contributed by atoms with Crippen molar-refractivity contribution >= 4 is 22.7 Å². The van der Waals surface area contributed by atoms with E-state index in [0.717, 1.165) is 0 Å². The zero-order valence-electron chi connectivity index (χ0n) is 12.2. The Morgan fingerprint density at radius 3 is 2.05 bits per heavy atom. The highest BCUT2D eigenvalue weighted by atomic mass is 32.2. The maximum absolute atomic E-state index is 12.1. The molecule has 0 heterocycles. The van der Waals surface area contributed by atoms with Gasteiger partial charge in [-0.1, -0.05) is 18.2 Å². The Labute approximate surface area is 127 Å². The van der Waals surface area contributed by atoms with E-state index in [2.05, 4.69) is 0 Å². The maximum Gasteiger partial charge on any atom is 0.320 e. The smallest absolute Gasteiger partial charge is 0.320 e. The monoisotopic (exact) mass is 312 g/mol. The molecule has 1 atom stereocenters. The number of hydrogen-bond acceptors (Lipinski definition) is 5. The van der Waals surface area contributed by atoms with Gasteiger partial charge in [-0.3, -0.25) is 13.8 Å². The van der Waals surface area contributed by atoms with Crippen LogP contribution in [0.3, 0.4) is 0 Å². The van der Waals surface area contributed by atoms with Gasteiger partial charge in [0.25, 0.3) is 0 Å². The van der Waals surface area contributed by atoms with E-state index >= 15 is 0 Å². The van der Waals surface area contributed by atoms with E-state index in [9.17, 15) is 13.8 Å². The Balaban J connectivity index is 2.66. The van der Waals surface area contributed by atoms with Gasteiger partial charge in [-0.2, -0.15) is 0 Å². The summed E-state index contributed by atoms with van der Waals surface area (Å²) in [6, 6.07) is 8.92. The van der Waals surface area contributed by atoms with Gasteiger partial charge in [-0.05, 0) is 32.4 Å². The summed E-state index contributed by atoms with van der Waals surface area (Å²) < 4.78 is 21.9. The van der Waals surface area contributed by atoms with Crippen LogP contribution in [0.4, 0.5) is 0 Å². The number of hydrogen-bond donors (Lipinski definition) is 0. The molecule has 0 spiro atoms. The largest absolute Gasteiger partial charge is 0.465 e. The minimum atomic E-state index is -1.26. The number of esters is 2. The molecule has 0 saturated carbocycles. The molecule has 0 aliphatic heterocycles. The molecular weight excluding hydrogens is 292 g/mol. The van der Waals surface area contributed by atoms with E-state index in [4.69, 9.17) is 9.47 Å². The summed E-state index contributed by atoms with van der Waals surface area (Å²) in [6.45, 7) is 3.72. The highest BCUT2D eigenvalue weighted by Gasteiger charge is 2.29. The number of carbonyl (C=O) groups is 2. The molecule has 116 valence electrons. The Kier molecular flexibility index (Phi) is 7.68. The second-order valence-electron chi connectivity index (χ2n) is 4.21. The molecule has 5 nitrogen and oxygen atoms in total. The summed E-state index contributed by atoms with van der Waals surface area (Å²) >= 11 is 0. The molecule has 0 aromatic heterocycles. The average Bonchev–Trinajstić information content (AvgIpc) is 2.48. The fraction of sp³-hybridized carbons (Fsp3) is 0.467. The minimum Gasteiger partial charge on any atom is -0.465 e. The van der Waals surface area contributed by atoms with Crippen molar-refractivity contribution in [3.8, 4) is 0 Å². The van der Waals surface area contributed by atoms with Crippen LogP contribution in [0.1, 0.15) is 20.3 Å². The summed E-state index contributed by atoms with van der Waals surface area (Å²) in [4.78, 5) is 24.2. The van der Waals surface area contributed by atoms with E-state index < -0.39 is 28.7 Å². The highest BCUT2D eigenvalue weighted by Crippen LogP contribution is 2.13. The van der Waals surface area contributed by atoms with Crippen LogP contribution in [-0.2, 0) is 29.9 Å². The molecule has 0 radical (unpaired) electrons. The third-order valence-corrected chi connectivity index (χ3v) is 4.14. The molecule has 0 bridgehead atoms. The molecule has 0 fully saturated rings. The third-order valence-electron chi connectivity index (χ3n) is 2.74. The Morgan fingerprint density at radius 1 is 1.05 bits per heavy atom. The zero-order valence-corrected chi connectivity index (χ0v) is 13.1. The predicted molar refractivity (Wildman–Crippen MR) is 79.1 cm³/mol. The van der Waals surface area contributed by atoms with E-state index in [0.29, 0.717) is 4.90 Å². The third kappa shape index (κ3) is 5.67. The van der Waals surface area contributed by atoms with Crippen LogP contribution < -0.4 is 0 Å². The van der Waals surface area contributed by atoms with Crippen molar-refractivity contribution < 1.29 is 23.3 Å². The van der Waals surface area contributed by atoms with Crippen molar-refractivity contribution in [2.45, 2.75) is 25.2 Å². The van der Waals surface area contributed by atoms with Gasteiger partial charge in [0.2, 0.25) is 0 Å². The molecular formula is C15H20O5S. The fourth-order valence-corrected chi connectivity index (χ4v) is 2.88. The van der Waals surface area contributed by atoms with E-state index in [1.807, 2.05) is 6.07 Å². The first-order chi connectivity index (χ1) is 10.1. The van der Waals surface area contributed by atoms with Gasteiger partial charge < -0.3 is 9.47 Å². The molecule has 1 aromatic rings. The van der Waals surface area contributed by atoms with Crippen molar-refractivity contribution in [3.05, 3.63) is 30.3 Å². The van der Waals surface area contributed by atoms with Crippen molar-refractivity contribution in [3.63, 3.8) is 0 Å². The van der Waals surface area contributed by atoms with Gasteiger partial charge in [-0.15, -0.1) is 0 Å². The van der Waals surface area contributed by atoms with Crippen LogP contribution in [-0.4, -0.2) is 35.1 Å². The van der Waals surface area contributed by atoms with Gasteiger partial charge in [0, 0.05) is 10.6 Å². The Morgan fingerprint density at radius 2 is 1.57 bits per heavy atom. The first kappa shape index (κ1) is 17.4. The maximum atomic E-state index is 12.1. The lowest BCUT2D eigenvalue weighted by Gasteiger charge is -2.14. The molecule has 0 N–H and O–H groups in total. The van der Waals surface area contributed by atoms with Gasteiger partial charge in [-0.25, -0.2) is 0 Å². The van der Waals surface area contributed by atoms with Crippen LogP contribution in [0.5, 0.6) is 0 Å². The number of ether oxygens (including phenoxy) is 2. The summed E-state index contributed by atoms with van der Waals surface area (Å²) in [5.74, 6) is -2.06. The van der Waals surface area contributed by atoms with Crippen LogP contribution in [0, 0.1) is 5.92 Å². The number of carbonyl (C=O) groups excluding carboxylic acids is 2. The van der Waals surface area contributed by atoms with Gasteiger partial charge in [0.1, 0.15) is 0 Å². The van der Waals surface area contributed by atoms with Crippen LogP contribution in [0.2, 0.25) is 0 Å². The second kappa shape index (κ2) is 9.28. The van der Waals surface area contributed by atoms with Gasteiger partial charge in [0.05, 0.1) is 24.0 Å². The fourth-order valence-electron chi connectivity index (χ4n) is 1.73. The Hall–Kier alpha value is -1.69. The zero-order chi connectivity index (χ0) is 15.7. The minimum absolute atomic E-state index is 0.138. The van der Waals surface area contributed by atoms with Crippen LogP contribution >= 0.6 is 0 Å². The molecule has 1 rings (SSSR count). The van der Waals surface area contributed by atoms with Crippen molar-refractivity contribution in [2.24, 2.45) is 5.92 Å². The lowest BCUT2D eigenvalue weighted by molar-refractivity contribution is -0.161. The van der Waals surface area contributed by atoms with Crippen LogP contribution in [0.25, 0.3) is 0 Å². The summed E-state index contributed by atoms with van der Waals surface area (Å²) in [7, 11) is -1.26. The quantitative estimate of drug-likeness (QED) is 0.542. The van der Waals surface area contributed by atoms with Crippen molar-refractivity contribution in [2.75, 3.05) is 19.0 Å². The predicted octanol–water partition coefficient (Wildman–Crippen LogP) is 1.93. The lowest BCUT2D eigenvalue weighted by Crippen LogP contribution is -2.29. The molecule has 6 heteroatoms. The molecule has 0 aliphatic rings. The van der Waals surface area contributed by atoms with Crippen LogP contribution in [0.15, 0.2) is 35.2 Å². The van der Waals surface area contributed by atoms with E-state index in [1.54, 1.807) is 38.1 Å². The van der Waals surface area contributed by atoms with E-state index in [-0.39, 0.29) is 25.4 Å². The van der Waals surface area contributed by atoms with Crippen molar-refractivity contribution in [1.82, 2.24) is 0 Å². The van der Waals surface area contributed by atoms with Gasteiger partial charge in [0.15, 0.2) is 5.92 Å². The number of rotatable bonds is 8. The standard InChI is InChI=1S/C15H20O5S/c1-3-19-14(16)13(15(17)20-4-2)10-11-21(18)12-8-6-5-7-9-12/h5-9,13H,3-4,10-11H2,1-2H3/t21-/m0/s1. The second-order valence-corrected chi connectivity index (χ2v) is 5.78. The topological polar surface area (TPSA) is 69.7 Å². The van der Waals surface area contributed by atoms with Crippen molar-refractivity contribution in [1.29, 1.82) is 0 Å². The normalized spacial score (nSPS) is 12.0. The summed E-state index contributed by atoms with van der Waals surface area (Å²) in [5.41, 5.74) is 0. The van der Waals surface area contributed by atoms with E-state index in [1.165, 1.54) is 0 Å². The summed E-state index contributed by atoms with van der Waals surface area (Å²) in [6.07, 6.45) is 0.138. The molecule has 0 aliphatic carbocycles. The summed E-state index contributed by atoms with van der Waals surface area (Å²) in [5, 5.41) is 0. The Bertz CT molecular complexity index is 468. The lowest BCUT2D eigenvalue weighted by atomic mass is 10.1. The first-order valence-electron chi connectivity index (χ1n) is 6.86. The molecule has 1 aromatic carbocycles. The van der Waals surface area contributed by atoms with Gasteiger partial charge >= 0.3 is 11.9 Å². The average molecular weight is 312 g/mol. The first-order valence-corrected chi connectivity index (χ1v) is 8.18. The molecule has 21 heavy (non-hydrogen) atoms. The molecule has 0 saturated heterocycles. The highest BCUT2D eigenvalue weighted by molar-refractivity contribution is 7.85. The number of benzene rings is 1.